The molecule has 4 rings (SSSR count). The number of hydrazine groups is 1. The molecule has 0 radical (unpaired) electrons. The van der Waals surface area contributed by atoms with Gasteiger partial charge in [0.2, 0.25) is 0 Å². The number of para-hydroxylation sites is 1. The van der Waals surface area contributed by atoms with Gasteiger partial charge in [0, 0.05) is 16.1 Å². The first-order chi connectivity index (χ1) is 14.0. The summed E-state index contributed by atoms with van der Waals surface area (Å²) in [5.74, 6) is -0.411. The predicted molar refractivity (Wildman–Crippen MR) is 115 cm³/mol. The Kier molecular flexibility index (Phi) is 5.20. The molecule has 146 valence electrons. The molecule has 0 unspecified atom stereocenters. The van der Waals surface area contributed by atoms with Gasteiger partial charge < -0.3 is 5.32 Å². The van der Waals surface area contributed by atoms with Crippen molar-refractivity contribution < 1.29 is 9.59 Å². The Morgan fingerprint density at radius 2 is 1.83 bits per heavy atom. The van der Waals surface area contributed by atoms with Crippen molar-refractivity contribution in [2.24, 2.45) is 0 Å². The lowest BCUT2D eigenvalue weighted by atomic mass is 10.3. The topological polar surface area (TPSA) is 88.1 Å². The molecule has 0 aliphatic carbocycles. The van der Waals surface area contributed by atoms with Crippen molar-refractivity contribution in [1.82, 2.24) is 20.6 Å². The van der Waals surface area contributed by atoms with Crippen molar-refractivity contribution >= 4 is 50.8 Å². The van der Waals surface area contributed by atoms with Crippen LogP contribution in [0.25, 0.3) is 15.9 Å². The highest BCUT2D eigenvalue weighted by Crippen LogP contribution is 2.30. The summed E-state index contributed by atoms with van der Waals surface area (Å²) in [6.45, 7) is 1.90. The highest BCUT2D eigenvalue weighted by atomic mass is 35.5. The molecule has 3 amide bonds. The number of hydrogen-bond donors (Lipinski definition) is 3. The van der Waals surface area contributed by atoms with Gasteiger partial charge in [-0.3, -0.25) is 10.2 Å². The molecule has 0 bridgehead atoms. The third kappa shape index (κ3) is 4.08. The molecule has 9 heteroatoms. The number of urea groups is 1. The number of thiophene rings is 1. The Morgan fingerprint density at radius 3 is 2.59 bits per heavy atom. The number of hydrogen-bond acceptors (Lipinski definition) is 4. The Labute approximate surface area is 175 Å². The molecule has 4 aromatic rings. The van der Waals surface area contributed by atoms with Gasteiger partial charge in [0.15, 0.2) is 0 Å². The van der Waals surface area contributed by atoms with Gasteiger partial charge in [0.1, 0.15) is 4.83 Å². The highest BCUT2D eigenvalue weighted by molar-refractivity contribution is 7.20. The van der Waals surface area contributed by atoms with Crippen LogP contribution in [0.15, 0.2) is 60.7 Å². The monoisotopic (exact) mass is 425 g/mol. The highest BCUT2D eigenvalue weighted by Gasteiger charge is 2.17. The molecule has 0 fully saturated rings. The number of carbonyl (C=O) groups is 2. The average molecular weight is 426 g/mol. The van der Waals surface area contributed by atoms with Gasteiger partial charge in [-0.15, -0.1) is 11.3 Å². The number of anilines is 1. The smallest absolute Gasteiger partial charge is 0.307 e. The summed E-state index contributed by atoms with van der Waals surface area (Å²) in [5.41, 5.74) is 7.01. The number of carbonyl (C=O) groups excluding carboxylic acids is 2. The first kappa shape index (κ1) is 19.0. The minimum absolute atomic E-state index is 0.411. The summed E-state index contributed by atoms with van der Waals surface area (Å²) >= 11 is 7.19. The van der Waals surface area contributed by atoms with Crippen LogP contribution >= 0.6 is 22.9 Å². The fraction of sp³-hybridized carbons (Fsp3) is 0.0500. The second-order valence-electron chi connectivity index (χ2n) is 6.21. The van der Waals surface area contributed by atoms with Crippen molar-refractivity contribution in [3.8, 4) is 5.69 Å². The van der Waals surface area contributed by atoms with Crippen LogP contribution in [0.1, 0.15) is 15.4 Å². The summed E-state index contributed by atoms with van der Waals surface area (Å²) in [7, 11) is 0. The van der Waals surface area contributed by atoms with Crippen molar-refractivity contribution in [2.45, 2.75) is 6.92 Å². The Balaban J connectivity index is 1.47. The zero-order valence-corrected chi connectivity index (χ0v) is 16.8. The van der Waals surface area contributed by atoms with E-state index >= 15 is 0 Å². The van der Waals surface area contributed by atoms with E-state index in [-0.39, 0.29) is 0 Å². The van der Waals surface area contributed by atoms with Crippen molar-refractivity contribution in [3.05, 3.63) is 76.3 Å². The number of benzene rings is 2. The van der Waals surface area contributed by atoms with Crippen LogP contribution in [-0.2, 0) is 0 Å². The van der Waals surface area contributed by atoms with Gasteiger partial charge in [-0.05, 0) is 43.3 Å². The third-order valence-corrected chi connectivity index (χ3v) is 5.49. The van der Waals surface area contributed by atoms with E-state index in [9.17, 15) is 9.59 Å². The van der Waals surface area contributed by atoms with Gasteiger partial charge in [0.25, 0.3) is 5.91 Å². The minimum Gasteiger partial charge on any atom is -0.307 e. The van der Waals surface area contributed by atoms with E-state index in [1.165, 1.54) is 11.3 Å². The summed E-state index contributed by atoms with van der Waals surface area (Å²) in [4.78, 5) is 25.8. The van der Waals surface area contributed by atoms with Crippen LogP contribution in [0.3, 0.4) is 0 Å². The molecule has 7 nitrogen and oxygen atoms in total. The van der Waals surface area contributed by atoms with Gasteiger partial charge >= 0.3 is 6.03 Å². The maximum atomic E-state index is 12.5. The lowest BCUT2D eigenvalue weighted by Crippen LogP contribution is -2.43. The first-order valence-corrected chi connectivity index (χ1v) is 9.88. The number of amides is 3. The Hall–Kier alpha value is -3.36. The summed E-state index contributed by atoms with van der Waals surface area (Å²) in [6.07, 6.45) is 0. The fourth-order valence-corrected chi connectivity index (χ4v) is 4.08. The number of fused-ring (bicyclic) bond motifs is 1. The predicted octanol–water partition coefficient (Wildman–Crippen LogP) is 4.52. The average Bonchev–Trinajstić information content (AvgIpc) is 3.28. The molecule has 0 aliphatic rings. The minimum atomic E-state index is -0.576. The third-order valence-electron chi connectivity index (χ3n) is 4.14. The van der Waals surface area contributed by atoms with Crippen LogP contribution in [0.2, 0.25) is 5.02 Å². The molecule has 0 saturated carbocycles. The molecule has 2 aromatic heterocycles. The van der Waals surface area contributed by atoms with E-state index in [1.54, 1.807) is 30.3 Å². The van der Waals surface area contributed by atoms with Crippen LogP contribution in [-0.4, -0.2) is 21.7 Å². The molecular weight excluding hydrogens is 410 g/mol. The molecule has 2 aromatic carbocycles. The number of rotatable bonds is 3. The van der Waals surface area contributed by atoms with Crippen molar-refractivity contribution in [2.75, 3.05) is 5.32 Å². The van der Waals surface area contributed by atoms with E-state index in [1.807, 2.05) is 41.9 Å². The molecule has 0 saturated heterocycles. The van der Waals surface area contributed by atoms with Gasteiger partial charge in [0.05, 0.1) is 16.3 Å². The van der Waals surface area contributed by atoms with E-state index in [2.05, 4.69) is 21.3 Å². The van der Waals surface area contributed by atoms with E-state index in [0.29, 0.717) is 15.6 Å². The molecule has 0 aliphatic heterocycles. The maximum Gasteiger partial charge on any atom is 0.337 e. The van der Waals surface area contributed by atoms with Gasteiger partial charge in [-0.2, -0.15) is 5.10 Å². The normalized spacial score (nSPS) is 10.7. The summed E-state index contributed by atoms with van der Waals surface area (Å²) in [6, 6.07) is 17.6. The lowest BCUT2D eigenvalue weighted by molar-refractivity contribution is 0.0942. The number of nitrogens with zero attached hydrogens (tertiary/aromatic N) is 2. The van der Waals surface area contributed by atoms with Crippen LogP contribution in [0.4, 0.5) is 10.5 Å². The van der Waals surface area contributed by atoms with E-state index < -0.39 is 11.9 Å². The zero-order valence-electron chi connectivity index (χ0n) is 15.3. The summed E-state index contributed by atoms with van der Waals surface area (Å²) in [5, 5.41) is 8.54. The van der Waals surface area contributed by atoms with Crippen molar-refractivity contribution in [3.63, 3.8) is 0 Å². The quantitative estimate of drug-likeness (QED) is 0.422. The van der Waals surface area contributed by atoms with Gasteiger partial charge in [-0.25, -0.2) is 14.9 Å². The van der Waals surface area contributed by atoms with Crippen molar-refractivity contribution in [1.29, 1.82) is 0 Å². The Bertz CT molecular complexity index is 1200. The first-order valence-electron chi connectivity index (χ1n) is 8.69. The molecular formula is C20H16ClN5O2S. The number of nitrogens with one attached hydrogen (secondary N) is 3. The summed E-state index contributed by atoms with van der Waals surface area (Å²) < 4.78 is 1.81. The number of aryl methyl sites for hydroxylation is 1. The largest absolute Gasteiger partial charge is 0.337 e. The number of aromatic nitrogens is 2. The molecule has 3 N–H and O–H groups in total. The molecule has 0 spiro atoms. The van der Waals surface area contributed by atoms with Crippen LogP contribution in [0.5, 0.6) is 0 Å². The Morgan fingerprint density at radius 1 is 1.03 bits per heavy atom. The zero-order chi connectivity index (χ0) is 20.4. The SMILES string of the molecule is Cc1nn(-c2ccccc2)c2sc(C(=O)NNC(=O)Nc3cccc(Cl)c3)cc12. The van der Waals surface area contributed by atoms with E-state index in [4.69, 9.17) is 11.6 Å². The molecule has 0 atom stereocenters. The maximum absolute atomic E-state index is 12.5. The number of halogens is 1. The van der Waals surface area contributed by atoms with E-state index in [0.717, 1.165) is 21.6 Å². The van der Waals surface area contributed by atoms with Crippen LogP contribution < -0.4 is 16.2 Å². The second-order valence-corrected chi connectivity index (χ2v) is 7.67. The molecule has 29 heavy (non-hydrogen) atoms. The van der Waals surface area contributed by atoms with Gasteiger partial charge in [-0.1, -0.05) is 35.9 Å². The fourth-order valence-electron chi connectivity index (χ4n) is 2.81. The van der Waals surface area contributed by atoms with Crippen LogP contribution in [0, 0.1) is 6.92 Å². The lowest BCUT2D eigenvalue weighted by Gasteiger charge is -2.08. The second kappa shape index (κ2) is 7.94. The molecule has 2 heterocycles. The standard InChI is InChI=1S/C20H16ClN5O2S/c1-12-16-11-17(29-19(16)26(25-12)15-8-3-2-4-9-15)18(27)23-24-20(28)22-14-7-5-6-13(21)10-14/h2-11H,1H3,(H,23,27)(H2,22,24,28).